The van der Waals surface area contributed by atoms with Gasteiger partial charge in [0.05, 0.1) is 11.3 Å². The second-order valence-corrected chi connectivity index (χ2v) is 8.55. The van der Waals surface area contributed by atoms with E-state index in [0.717, 1.165) is 51.5 Å². The molecule has 0 atom stereocenters. The van der Waals surface area contributed by atoms with E-state index in [1.54, 1.807) is 6.20 Å². The van der Waals surface area contributed by atoms with E-state index in [4.69, 9.17) is 0 Å². The Kier molecular flexibility index (Phi) is 6.80. The van der Waals surface area contributed by atoms with Gasteiger partial charge in [0, 0.05) is 52.0 Å². The average Bonchev–Trinajstić information content (AvgIpc) is 2.68. The summed E-state index contributed by atoms with van der Waals surface area (Å²) in [7, 11) is 0. The number of aromatic nitrogens is 2. The number of hydrogen-bond donors (Lipinski definition) is 1. The zero-order valence-corrected chi connectivity index (χ0v) is 18.5. The Labute approximate surface area is 182 Å². The van der Waals surface area contributed by atoms with E-state index in [-0.39, 0.29) is 18.3 Å². The maximum atomic E-state index is 13.2. The van der Waals surface area contributed by atoms with E-state index < -0.39 is 0 Å². The molecule has 0 saturated carbocycles. The van der Waals surface area contributed by atoms with Crippen molar-refractivity contribution >= 4 is 68.4 Å². The number of carbonyl (C=O) groups is 1. The van der Waals surface area contributed by atoms with Gasteiger partial charge in [-0.3, -0.25) is 4.79 Å². The Bertz CT molecular complexity index is 1010. The molecular weight excluding hydrogens is 460 g/mol. The van der Waals surface area contributed by atoms with Gasteiger partial charge >= 0.3 is 0 Å². The molecular formula is C20H20BrClN4OS. The first-order valence-electron chi connectivity index (χ1n) is 8.78. The quantitative estimate of drug-likeness (QED) is 0.569. The van der Waals surface area contributed by atoms with E-state index in [0.29, 0.717) is 11.2 Å². The van der Waals surface area contributed by atoms with Crippen molar-refractivity contribution in [2.24, 2.45) is 0 Å². The average molecular weight is 480 g/mol. The molecule has 3 aromatic rings. The van der Waals surface area contributed by atoms with Gasteiger partial charge in [0.2, 0.25) is 0 Å². The minimum Gasteiger partial charge on any atom is -0.354 e. The summed E-state index contributed by atoms with van der Waals surface area (Å²) in [5.41, 5.74) is 3.78. The third kappa shape index (κ3) is 4.42. The molecule has 2 aromatic heterocycles. The number of rotatable bonds is 3. The number of aryl methyl sites for hydroxylation is 1. The van der Waals surface area contributed by atoms with Crippen LogP contribution in [0, 0.1) is 6.92 Å². The normalized spacial score (nSPS) is 13.9. The van der Waals surface area contributed by atoms with Crippen molar-refractivity contribution in [1.82, 2.24) is 14.9 Å². The minimum atomic E-state index is 0. The summed E-state index contributed by atoms with van der Waals surface area (Å²) >= 11 is 5.39. The van der Waals surface area contributed by atoms with Gasteiger partial charge in [-0.25, -0.2) is 9.97 Å². The number of carbonyl (C=O) groups excluding carboxylic acids is 1. The second kappa shape index (κ2) is 9.11. The fourth-order valence-electron chi connectivity index (χ4n) is 3.12. The van der Waals surface area contributed by atoms with E-state index >= 15 is 0 Å². The SMILES string of the molecule is Cc1ccc2c(Nc3cccc(Br)c3)c(C(=O)N3CCSCC3)cnc2n1.Cl. The van der Waals surface area contributed by atoms with Crippen molar-refractivity contribution in [1.29, 1.82) is 0 Å². The van der Waals surface area contributed by atoms with Crippen molar-refractivity contribution in [3.05, 3.63) is 58.3 Å². The van der Waals surface area contributed by atoms with E-state index in [2.05, 4.69) is 31.2 Å². The predicted octanol–water partition coefficient (Wildman–Crippen LogP) is 5.06. The van der Waals surface area contributed by atoms with Gasteiger partial charge in [0.25, 0.3) is 5.91 Å². The Morgan fingerprint density at radius 2 is 2.00 bits per heavy atom. The number of amides is 1. The van der Waals surface area contributed by atoms with Crippen LogP contribution in [0.15, 0.2) is 47.1 Å². The summed E-state index contributed by atoms with van der Waals surface area (Å²) in [5.74, 6) is 1.96. The van der Waals surface area contributed by atoms with Gasteiger partial charge in [-0.1, -0.05) is 22.0 Å². The molecule has 1 N–H and O–H groups in total. The molecule has 5 nitrogen and oxygen atoms in total. The van der Waals surface area contributed by atoms with Crippen LogP contribution in [0.3, 0.4) is 0 Å². The molecule has 0 unspecified atom stereocenters. The summed E-state index contributed by atoms with van der Waals surface area (Å²) in [4.78, 5) is 24.1. The number of hydrogen-bond acceptors (Lipinski definition) is 5. The third-order valence-corrected chi connectivity index (χ3v) is 5.93. The molecule has 28 heavy (non-hydrogen) atoms. The van der Waals surface area contributed by atoms with Crippen molar-refractivity contribution in [2.75, 3.05) is 29.9 Å². The van der Waals surface area contributed by atoms with Gasteiger partial charge in [-0.15, -0.1) is 12.4 Å². The number of thioether (sulfide) groups is 1. The zero-order valence-electron chi connectivity index (χ0n) is 15.3. The van der Waals surface area contributed by atoms with E-state index in [1.165, 1.54) is 0 Å². The predicted molar refractivity (Wildman–Crippen MR) is 122 cm³/mol. The first-order valence-corrected chi connectivity index (χ1v) is 10.7. The van der Waals surface area contributed by atoms with Crippen molar-refractivity contribution in [3.8, 4) is 0 Å². The van der Waals surface area contributed by atoms with Gasteiger partial charge in [-0.05, 0) is 37.3 Å². The number of fused-ring (bicyclic) bond motifs is 1. The monoisotopic (exact) mass is 478 g/mol. The lowest BCUT2D eigenvalue weighted by molar-refractivity contribution is 0.0773. The topological polar surface area (TPSA) is 58.1 Å². The molecule has 1 saturated heterocycles. The molecule has 4 rings (SSSR count). The summed E-state index contributed by atoms with van der Waals surface area (Å²) in [6.07, 6.45) is 1.65. The van der Waals surface area contributed by atoms with Crippen molar-refractivity contribution in [2.45, 2.75) is 6.92 Å². The van der Waals surface area contributed by atoms with E-state index in [9.17, 15) is 4.79 Å². The van der Waals surface area contributed by atoms with Crippen LogP contribution in [-0.2, 0) is 0 Å². The van der Waals surface area contributed by atoms with Gasteiger partial charge < -0.3 is 10.2 Å². The van der Waals surface area contributed by atoms with E-state index in [1.807, 2.05) is 60.0 Å². The van der Waals surface area contributed by atoms with Crippen LogP contribution in [0.1, 0.15) is 16.1 Å². The smallest absolute Gasteiger partial charge is 0.257 e. The fourth-order valence-corrected chi connectivity index (χ4v) is 4.42. The highest BCUT2D eigenvalue weighted by Gasteiger charge is 2.23. The van der Waals surface area contributed by atoms with Gasteiger partial charge in [0.15, 0.2) is 5.65 Å². The molecule has 1 amide bonds. The number of halogens is 2. The molecule has 1 aliphatic heterocycles. The lowest BCUT2D eigenvalue weighted by Gasteiger charge is -2.27. The van der Waals surface area contributed by atoms with Crippen molar-refractivity contribution in [3.63, 3.8) is 0 Å². The molecule has 8 heteroatoms. The molecule has 0 aliphatic carbocycles. The highest BCUT2D eigenvalue weighted by atomic mass is 79.9. The maximum absolute atomic E-state index is 13.2. The molecule has 0 radical (unpaired) electrons. The highest BCUT2D eigenvalue weighted by molar-refractivity contribution is 9.10. The summed E-state index contributed by atoms with van der Waals surface area (Å²) in [6.45, 7) is 3.47. The lowest BCUT2D eigenvalue weighted by atomic mass is 10.1. The standard InChI is InChI=1S/C20H19BrN4OS.ClH/c1-13-5-6-16-18(24-15-4-2-3-14(21)11-15)17(12-22-19(16)23-13)20(26)25-7-9-27-10-8-25;/h2-6,11-12H,7-10H2,1H3,(H,22,23,24);1H. The number of anilines is 2. The summed E-state index contributed by atoms with van der Waals surface area (Å²) in [6, 6.07) is 11.8. The Morgan fingerprint density at radius 1 is 1.21 bits per heavy atom. The minimum absolute atomic E-state index is 0. The van der Waals surface area contributed by atoms with Crippen LogP contribution in [0.25, 0.3) is 11.0 Å². The number of benzene rings is 1. The Balaban J connectivity index is 0.00000225. The maximum Gasteiger partial charge on any atom is 0.257 e. The zero-order chi connectivity index (χ0) is 18.8. The van der Waals surface area contributed by atoms with Crippen LogP contribution in [0.4, 0.5) is 11.4 Å². The van der Waals surface area contributed by atoms with Crippen molar-refractivity contribution < 1.29 is 4.79 Å². The van der Waals surface area contributed by atoms with Crippen LogP contribution >= 0.6 is 40.1 Å². The molecule has 0 spiro atoms. The molecule has 3 heterocycles. The number of pyridine rings is 2. The Morgan fingerprint density at radius 3 is 2.75 bits per heavy atom. The van der Waals surface area contributed by atoms with Crippen LogP contribution in [0.5, 0.6) is 0 Å². The third-order valence-electron chi connectivity index (χ3n) is 4.49. The van der Waals surface area contributed by atoms with Crippen LogP contribution in [-0.4, -0.2) is 45.4 Å². The van der Waals surface area contributed by atoms with Gasteiger partial charge in [0.1, 0.15) is 0 Å². The highest BCUT2D eigenvalue weighted by Crippen LogP contribution is 2.31. The number of nitrogens with one attached hydrogen (secondary N) is 1. The number of nitrogens with zero attached hydrogens (tertiary/aromatic N) is 3. The molecule has 1 aliphatic rings. The molecule has 0 bridgehead atoms. The second-order valence-electron chi connectivity index (χ2n) is 6.41. The molecule has 146 valence electrons. The summed E-state index contributed by atoms with van der Waals surface area (Å²) < 4.78 is 0.973. The van der Waals surface area contributed by atoms with Gasteiger partial charge in [-0.2, -0.15) is 11.8 Å². The molecule has 1 aromatic carbocycles. The largest absolute Gasteiger partial charge is 0.354 e. The van der Waals surface area contributed by atoms with Crippen LogP contribution in [0.2, 0.25) is 0 Å². The van der Waals surface area contributed by atoms with Crippen LogP contribution < -0.4 is 5.32 Å². The lowest BCUT2D eigenvalue weighted by Crippen LogP contribution is -2.38. The Hall–Kier alpha value is -1.83. The fraction of sp³-hybridized carbons (Fsp3) is 0.250. The molecule has 1 fully saturated rings. The summed E-state index contributed by atoms with van der Waals surface area (Å²) in [5, 5.41) is 4.28. The first-order chi connectivity index (χ1) is 13.1. The first kappa shape index (κ1) is 20.9.